The van der Waals surface area contributed by atoms with Crippen LogP contribution in [0.5, 0.6) is 0 Å². The molecule has 2 saturated carbocycles. The Balaban J connectivity index is 0.000000461. The van der Waals surface area contributed by atoms with Gasteiger partial charge in [0.1, 0.15) is 0 Å². The molecule has 0 heterocycles. The van der Waals surface area contributed by atoms with Crippen molar-refractivity contribution in [1.29, 1.82) is 0 Å². The molecular weight excluding hydrogens is 168 g/mol. The van der Waals surface area contributed by atoms with Crippen LogP contribution < -0.4 is 0 Å². The summed E-state index contributed by atoms with van der Waals surface area (Å²) >= 11 is 0. The summed E-state index contributed by atoms with van der Waals surface area (Å²) in [6.45, 7) is 4.78. The Bertz CT molecular complexity index is 173. The zero-order chi connectivity index (χ0) is 10.6. The molecule has 2 rings (SSSR count). The predicted octanol–water partition coefficient (Wildman–Crippen LogP) is 4.25. The zero-order valence-corrected chi connectivity index (χ0v) is 9.76. The van der Waals surface area contributed by atoms with Crippen LogP contribution in [0.2, 0.25) is 0 Å². The van der Waals surface area contributed by atoms with Crippen molar-refractivity contribution in [1.82, 2.24) is 0 Å². The highest BCUT2D eigenvalue weighted by molar-refractivity contribution is 4.92. The third-order valence-electron chi connectivity index (χ3n) is 4.45. The van der Waals surface area contributed by atoms with Crippen LogP contribution in [0.25, 0.3) is 0 Å². The van der Waals surface area contributed by atoms with Crippen molar-refractivity contribution < 1.29 is 0 Å². The summed E-state index contributed by atoms with van der Waals surface area (Å²) in [6, 6.07) is 0. The smallest absolute Gasteiger partial charge is 0.0297 e. The first-order valence-corrected chi connectivity index (χ1v) is 6.05. The van der Waals surface area contributed by atoms with Crippen LogP contribution in [0.1, 0.15) is 58.8 Å². The van der Waals surface area contributed by atoms with Crippen LogP contribution in [0.3, 0.4) is 0 Å². The van der Waals surface area contributed by atoms with Crippen molar-refractivity contribution in [2.45, 2.75) is 58.8 Å². The van der Waals surface area contributed by atoms with Gasteiger partial charge in [0.05, 0.1) is 0 Å². The van der Waals surface area contributed by atoms with Crippen molar-refractivity contribution >= 4 is 0 Å². The molecule has 2 aliphatic rings. The van der Waals surface area contributed by atoms with Crippen molar-refractivity contribution in [2.75, 3.05) is 0 Å². The molecule has 0 saturated heterocycles. The van der Waals surface area contributed by atoms with Crippen molar-refractivity contribution in [3.63, 3.8) is 0 Å². The van der Waals surface area contributed by atoms with Crippen LogP contribution >= 0.6 is 0 Å². The van der Waals surface area contributed by atoms with E-state index >= 15 is 0 Å². The van der Waals surface area contributed by atoms with Crippen LogP contribution in [0, 0.1) is 30.1 Å². The Kier molecular flexibility index (Phi) is 4.05. The first kappa shape index (κ1) is 11.6. The highest BCUT2D eigenvalue weighted by Gasteiger charge is 2.40. The van der Waals surface area contributed by atoms with E-state index in [4.69, 9.17) is 0 Å². The number of terminal acetylenes is 1. The summed E-state index contributed by atoms with van der Waals surface area (Å²) in [5.74, 6) is 1.98. The SMILES string of the molecule is C#C.CC(C)C1CCC2(CCC2)CC1. The van der Waals surface area contributed by atoms with Gasteiger partial charge >= 0.3 is 0 Å². The monoisotopic (exact) mass is 192 g/mol. The lowest BCUT2D eigenvalue weighted by atomic mass is 9.58. The Morgan fingerprint density at radius 1 is 1.00 bits per heavy atom. The van der Waals surface area contributed by atoms with E-state index in [-0.39, 0.29) is 0 Å². The minimum Gasteiger partial charge on any atom is -0.124 e. The standard InChI is InChI=1S/C12H22.C2H2/c1-10(2)11-4-8-12(9-5-11)6-3-7-12;1-2/h10-11H,3-9H2,1-2H3;1-2H. The maximum Gasteiger partial charge on any atom is -0.0297 e. The van der Waals surface area contributed by atoms with Gasteiger partial charge in [-0.15, -0.1) is 12.8 Å². The third kappa shape index (κ3) is 2.32. The van der Waals surface area contributed by atoms with E-state index in [1.165, 1.54) is 19.3 Å². The fraction of sp³-hybridized carbons (Fsp3) is 0.857. The molecule has 0 aromatic rings. The Morgan fingerprint density at radius 3 is 1.79 bits per heavy atom. The van der Waals surface area contributed by atoms with Gasteiger partial charge in [0.2, 0.25) is 0 Å². The molecule has 0 nitrogen and oxygen atoms in total. The Morgan fingerprint density at radius 2 is 1.50 bits per heavy atom. The van der Waals surface area contributed by atoms with Gasteiger partial charge in [-0.05, 0) is 55.8 Å². The second-order valence-electron chi connectivity index (χ2n) is 5.44. The van der Waals surface area contributed by atoms with Gasteiger partial charge in [-0.25, -0.2) is 0 Å². The zero-order valence-electron chi connectivity index (χ0n) is 9.76. The summed E-state index contributed by atoms with van der Waals surface area (Å²) in [4.78, 5) is 0. The molecule has 14 heavy (non-hydrogen) atoms. The Hall–Kier alpha value is -0.440. The molecule has 0 aliphatic heterocycles. The molecule has 2 fully saturated rings. The minimum absolute atomic E-state index is 0.866. The van der Waals surface area contributed by atoms with Gasteiger partial charge < -0.3 is 0 Å². The average Bonchev–Trinajstić information content (AvgIpc) is 2.19. The lowest BCUT2D eigenvalue weighted by molar-refractivity contribution is 0.0449. The topological polar surface area (TPSA) is 0 Å². The van der Waals surface area contributed by atoms with Crippen LogP contribution in [0.4, 0.5) is 0 Å². The molecule has 0 radical (unpaired) electrons. The van der Waals surface area contributed by atoms with Crippen molar-refractivity contribution in [3.05, 3.63) is 0 Å². The van der Waals surface area contributed by atoms with E-state index in [9.17, 15) is 0 Å². The van der Waals surface area contributed by atoms with Gasteiger partial charge in [-0.1, -0.05) is 20.3 Å². The maximum absolute atomic E-state index is 4.00. The minimum atomic E-state index is 0.866. The van der Waals surface area contributed by atoms with E-state index in [1.54, 1.807) is 25.7 Å². The van der Waals surface area contributed by atoms with Gasteiger partial charge in [-0.2, -0.15) is 0 Å². The summed E-state index contributed by atoms with van der Waals surface area (Å²) in [5, 5.41) is 0. The van der Waals surface area contributed by atoms with E-state index in [2.05, 4.69) is 26.7 Å². The van der Waals surface area contributed by atoms with Crippen LogP contribution in [-0.4, -0.2) is 0 Å². The quantitative estimate of drug-likeness (QED) is 0.545. The summed E-state index contributed by atoms with van der Waals surface area (Å²) in [5.41, 5.74) is 0.866. The highest BCUT2D eigenvalue weighted by Crippen LogP contribution is 2.53. The first-order chi connectivity index (χ1) is 6.72. The summed E-state index contributed by atoms with van der Waals surface area (Å²) in [6.07, 6.45) is 18.8. The molecule has 0 heteroatoms. The molecule has 0 bridgehead atoms. The van der Waals surface area contributed by atoms with Gasteiger partial charge in [0, 0.05) is 0 Å². The van der Waals surface area contributed by atoms with Gasteiger partial charge in [0.15, 0.2) is 0 Å². The molecular formula is C14H24. The third-order valence-corrected chi connectivity index (χ3v) is 4.45. The van der Waals surface area contributed by atoms with E-state index in [0.29, 0.717) is 0 Å². The number of hydrogen-bond acceptors (Lipinski definition) is 0. The summed E-state index contributed by atoms with van der Waals surface area (Å²) in [7, 11) is 0. The lowest BCUT2D eigenvalue weighted by Crippen LogP contribution is -2.34. The maximum atomic E-state index is 4.00. The van der Waals surface area contributed by atoms with E-state index < -0.39 is 0 Å². The van der Waals surface area contributed by atoms with Crippen LogP contribution in [-0.2, 0) is 0 Å². The second-order valence-corrected chi connectivity index (χ2v) is 5.44. The predicted molar refractivity (Wildman–Crippen MR) is 63.0 cm³/mol. The van der Waals surface area contributed by atoms with E-state index in [0.717, 1.165) is 17.3 Å². The molecule has 0 aromatic heterocycles. The molecule has 0 aromatic carbocycles. The van der Waals surface area contributed by atoms with Gasteiger partial charge in [-0.3, -0.25) is 0 Å². The van der Waals surface area contributed by atoms with Crippen LogP contribution in [0.15, 0.2) is 0 Å². The van der Waals surface area contributed by atoms with E-state index in [1.807, 2.05) is 0 Å². The highest BCUT2D eigenvalue weighted by atomic mass is 14.5. The molecule has 80 valence electrons. The molecule has 0 N–H and O–H groups in total. The van der Waals surface area contributed by atoms with Gasteiger partial charge in [0.25, 0.3) is 0 Å². The Labute approximate surface area is 89.5 Å². The molecule has 0 atom stereocenters. The van der Waals surface area contributed by atoms with Crippen molar-refractivity contribution in [2.24, 2.45) is 17.3 Å². The average molecular weight is 192 g/mol. The molecule has 0 amide bonds. The number of rotatable bonds is 1. The van der Waals surface area contributed by atoms with Crippen molar-refractivity contribution in [3.8, 4) is 12.8 Å². The normalized spacial score (nSPS) is 25.2. The fourth-order valence-electron chi connectivity index (χ4n) is 3.10. The number of hydrogen-bond donors (Lipinski definition) is 0. The molecule has 2 aliphatic carbocycles. The fourth-order valence-corrected chi connectivity index (χ4v) is 3.10. The largest absolute Gasteiger partial charge is 0.124 e. The lowest BCUT2D eigenvalue weighted by Gasteiger charge is -2.47. The second kappa shape index (κ2) is 4.87. The molecule has 0 unspecified atom stereocenters. The molecule has 1 spiro atoms. The first-order valence-electron chi connectivity index (χ1n) is 6.05. The summed E-state index contributed by atoms with van der Waals surface area (Å²) < 4.78 is 0.